The molecular formula is C15H18N2O2. The van der Waals surface area contributed by atoms with Crippen molar-refractivity contribution < 1.29 is 9.53 Å². The summed E-state index contributed by atoms with van der Waals surface area (Å²) >= 11 is 0. The van der Waals surface area contributed by atoms with Crippen molar-refractivity contribution in [2.45, 2.75) is 32.2 Å². The first-order valence-corrected chi connectivity index (χ1v) is 6.51. The number of carbonyl (C=O) groups excluding carboxylic acids is 1. The molecule has 0 heterocycles. The van der Waals surface area contributed by atoms with Gasteiger partial charge in [-0.3, -0.25) is 4.79 Å². The predicted molar refractivity (Wildman–Crippen MR) is 71.9 cm³/mol. The molecular weight excluding hydrogens is 240 g/mol. The molecule has 1 aromatic rings. The third-order valence-electron chi connectivity index (χ3n) is 3.67. The fraction of sp³-hybridized carbons (Fsp3) is 0.467. The van der Waals surface area contributed by atoms with Crippen LogP contribution in [-0.2, 0) is 0 Å². The summed E-state index contributed by atoms with van der Waals surface area (Å²) in [4.78, 5) is 12.2. The predicted octanol–water partition coefficient (Wildman–Crippen LogP) is 2.43. The minimum absolute atomic E-state index is 0.0233. The fourth-order valence-electron chi connectivity index (χ4n) is 2.50. The number of benzene rings is 1. The Bertz CT molecular complexity index is 519. The molecule has 4 nitrogen and oxygen atoms in total. The van der Waals surface area contributed by atoms with Gasteiger partial charge in [-0.05, 0) is 43.9 Å². The maximum Gasteiger partial charge on any atom is 0.251 e. The molecule has 1 aliphatic carbocycles. The average molecular weight is 258 g/mol. The van der Waals surface area contributed by atoms with Gasteiger partial charge in [0.15, 0.2) is 0 Å². The number of aryl methyl sites for hydroxylation is 1. The molecule has 1 aliphatic rings. The van der Waals surface area contributed by atoms with Crippen LogP contribution in [0.4, 0.5) is 0 Å². The largest absolute Gasteiger partial charge is 0.496 e. The Morgan fingerprint density at radius 2 is 2.26 bits per heavy atom. The van der Waals surface area contributed by atoms with Crippen LogP contribution in [-0.4, -0.2) is 19.1 Å². The van der Waals surface area contributed by atoms with E-state index in [4.69, 9.17) is 10.00 Å². The van der Waals surface area contributed by atoms with Crippen LogP contribution in [0, 0.1) is 24.2 Å². The second-order valence-electron chi connectivity index (χ2n) is 4.93. The molecule has 1 saturated carbocycles. The van der Waals surface area contributed by atoms with E-state index in [0.717, 1.165) is 24.8 Å². The summed E-state index contributed by atoms with van der Waals surface area (Å²) in [5.41, 5.74) is 1.57. The van der Waals surface area contributed by atoms with Crippen LogP contribution in [0.15, 0.2) is 18.2 Å². The Labute approximate surface area is 113 Å². The van der Waals surface area contributed by atoms with Crippen molar-refractivity contribution >= 4 is 5.91 Å². The summed E-state index contributed by atoms with van der Waals surface area (Å²) in [6.07, 6.45) is 2.76. The Hall–Kier alpha value is -2.02. The summed E-state index contributed by atoms with van der Waals surface area (Å²) in [6.45, 7) is 1.93. The molecule has 1 N–H and O–H groups in total. The van der Waals surface area contributed by atoms with Gasteiger partial charge >= 0.3 is 0 Å². The van der Waals surface area contributed by atoms with Crippen molar-refractivity contribution in [1.29, 1.82) is 5.26 Å². The van der Waals surface area contributed by atoms with Crippen molar-refractivity contribution in [1.82, 2.24) is 5.32 Å². The van der Waals surface area contributed by atoms with E-state index in [1.54, 1.807) is 19.2 Å². The molecule has 1 fully saturated rings. The minimum atomic E-state index is -0.134. The van der Waals surface area contributed by atoms with E-state index < -0.39 is 0 Å². The lowest BCUT2D eigenvalue weighted by molar-refractivity contribution is 0.0932. The lowest BCUT2D eigenvalue weighted by Crippen LogP contribution is -2.36. The van der Waals surface area contributed by atoms with Crippen molar-refractivity contribution in [3.05, 3.63) is 29.3 Å². The van der Waals surface area contributed by atoms with Crippen LogP contribution < -0.4 is 10.1 Å². The second kappa shape index (κ2) is 5.75. The zero-order valence-corrected chi connectivity index (χ0v) is 11.3. The summed E-state index contributed by atoms with van der Waals surface area (Å²) < 4.78 is 5.22. The van der Waals surface area contributed by atoms with Crippen LogP contribution in [0.1, 0.15) is 35.2 Å². The number of nitrogens with zero attached hydrogens (tertiary/aromatic N) is 1. The molecule has 1 amide bonds. The topological polar surface area (TPSA) is 62.1 Å². The molecule has 4 heteroatoms. The van der Waals surface area contributed by atoms with Gasteiger partial charge in [0, 0.05) is 11.6 Å². The van der Waals surface area contributed by atoms with Crippen LogP contribution in [0.3, 0.4) is 0 Å². The molecule has 19 heavy (non-hydrogen) atoms. The van der Waals surface area contributed by atoms with Gasteiger partial charge in [-0.2, -0.15) is 5.26 Å². The first-order valence-electron chi connectivity index (χ1n) is 6.51. The van der Waals surface area contributed by atoms with E-state index >= 15 is 0 Å². The quantitative estimate of drug-likeness (QED) is 0.905. The fourth-order valence-corrected chi connectivity index (χ4v) is 2.50. The van der Waals surface area contributed by atoms with E-state index in [0.29, 0.717) is 11.3 Å². The van der Waals surface area contributed by atoms with Crippen molar-refractivity contribution in [3.8, 4) is 11.8 Å². The Morgan fingerprint density at radius 1 is 1.47 bits per heavy atom. The van der Waals surface area contributed by atoms with Gasteiger partial charge in [0.1, 0.15) is 5.75 Å². The number of amides is 1. The van der Waals surface area contributed by atoms with E-state index in [1.165, 1.54) is 0 Å². The molecule has 0 aromatic heterocycles. The normalized spacial score (nSPS) is 21.7. The first-order chi connectivity index (χ1) is 9.15. The zero-order valence-electron chi connectivity index (χ0n) is 11.3. The van der Waals surface area contributed by atoms with Gasteiger partial charge in [-0.15, -0.1) is 0 Å². The Morgan fingerprint density at radius 3 is 2.95 bits per heavy atom. The number of ether oxygens (including phenoxy) is 1. The molecule has 0 saturated heterocycles. The van der Waals surface area contributed by atoms with Crippen LogP contribution in [0.2, 0.25) is 0 Å². The van der Waals surface area contributed by atoms with Crippen LogP contribution in [0.5, 0.6) is 5.75 Å². The highest BCUT2D eigenvalue weighted by molar-refractivity contribution is 5.95. The summed E-state index contributed by atoms with van der Waals surface area (Å²) in [5.74, 6) is 0.512. The average Bonchev–Trinajstić information content (AvgIpc) is 2.86. The molecule has 0 radical (unpaired) electrons. The Balaban J connectivity index is 2.10. The third kappa shape index (κ3) is 2.87. The van der Waals surface area contributed by atoms with Gasteiger partial charge in [-0.1, -0.05) is 6.07 Å². The maximum atomic E-state index is 12.2. The number of methoxy groups -OCH3 is 1. The van der Waals surface area contributed by atoms with Gasteiger partial charge in [-0.25, -0.2) is 0 Å². The van der Waals surface area contributed by atoms with Crippen molar-refractivity contribution in [2.24, 2.45) is 5.92 Å². The molecule has 2 rings (SSSR count). The summed E-state index contributed by atoms with van der Waals surface area (Å²) in [5, 5.41) is 12.0. The number of rotatable bonds is 3. The number of hydrogen-bond donors (Lipinski definition) is 1. The van der Waals surface area contributed by atoms with Crippen LogP contribution >= 0.6 is 0 Å². The zero-order chi connectivity index (χ0) is 13.8. The lowest BCUT2D eigenvalue weighted by Gasteiger charge is -2.16. The molecule has 0 bridgehead atoms. The van der Waals surface area contributed by atoms with E-state index in [-0.39, 0.29) is 17.9 Å². The SMILES string of the molecule is COc1cc(C(=O)NC2CCCC2C#N)ccc1C. The smallest absolute Gasteiger partial charge is 0.251 e. The molecule has 2 atom stereocenters. The number of nitriles is 1. The van der Waals surface area contributed by atoms with Gasteiger partial charge in [0.05, 0.1) is 19.1 Å². The molecule has 100 valence electrons. The van der Waals surface area contributed by atoms with Crippen LogP contribution in [0.25, 0.3) is 0 Å². The second-order valence-corrected chi connectivity index (χ2v) is 4.93. The van der Waals surface area contributed by atoms with E-state index in [2.05, 4.69) is 11.4 Å². The Kier molecular flexibility index (Phi) is 4.06. The molecule has 0 spiro atoms. The minimum Gasteiger partial charge on any atom is -0.496 e. The highest BCUT2D eigenvalue weighted by Crippen LogP contribution is 2.25. The van der Waals surface area contributed by atoms with Gasteiger partial charge in [0.25, 0.3) is 5.91 Å². The summed E-state index contributed by atoms with van der Waals surface area (Å²) in [7, 11) is 1.59. The van der Waals surface area contributed by atoms with Gasteiger partial charge in [0.2, 0.25) is 0 Å². The molecule has 0 aliphatic heterocycles. The monoisotopic (exact) mass is 258 g/mol. The molecule has 1 aromatic carbocycles. The van der Waals surface area contributed by atoms with Gasteiger partial charge < -0.3 is 10.1 Å². The number of hydrogen-bond acceptors (Lipinski definition) is 3. The number of nitrogens with one attached hydrogen (secondary N) is 1. The van der Waals surface area contributed by atoms with E-state index in [9.17, 15) is 4.79 Å². The highest BCUT2D eigenvalue weighted by atomic mass is 16.5. The highest BCUT2D eigenvalue weighted by Gasteiger charge is 2.28. The third-order valence-corrected chi connectivity index (χ3v) is 3.67. The van der Waals surface area contributed by atoms with Crippen molar-refractivity contribution in [2.75, 3.05) is 7.11 Å². The van der Waals surface area contributed by atoms with Crippen molar-refractivity contribution in [3.63, 3.8) is 0 Å². The standard InChI is InChI=1S/C15H18N2O2/c1-10-6-7-11(8-14(10)19-2)15(18)17-13-5-3-4-12(13)9-16/h6-8,12-13H,3-5H2,1-2H3,(H,17,18). The lowest BCUT2D eigenvalue weighted by atomic mass is 10.0. The molecule has 2 unspecified atom stereocenters. The first kappa shape index (κ1) is 13.4. The number of carbonyl (C=O) groups is 1. The summed E-state index contributed by atoms with van der Waals surface area (Å²) in [6, 6.07) is 7.62. The van der Waals surface area contributed by atoms with E-state index in [1.807, 2.05) is 13.0 Å². The maximum absolute atomic E-state index is 12.2.